The van der Waals surface area contributed by atoms with Gasteiger partial charge in [-0.05, 0) is 37.3 Å². The molecule has 3 aromatic rings. The molecule has 1 amide bonds. The van der Waals surface area contributed by atoms with E-state index in [1.165, 1.54) is 18.8 Å². The third kappa shape index (κ3) is 3.39. The van der Waals surface area contributed by atoms with Crippen molar-refractivity contribution in [1.82, 2.24) is 19.7 Å². The molecule has 160 valence electrons. The van der Waals surface area contributed by atoms with Crippen molar-refractivity contribution in [1.29, 1.82) is 0 Å². The molecular formula is C20H19ClN6O3S. The third-order valence-electron chi connectivity index (χ3n) is 5.60. The Hall–Kier alpha value is -2.85. The van der Waals surface area contributed by atoms with Crippen LogP contribution >= 0.6 is 23.4 Å². The normalized spacial score (nSPS) is 18.2. The summed E-state index contributed by atoms with van der Waals surface area (Å²) in [6, 6.07) is 7.35. The van der Waals surface area contributed by atoms with E-state index < -0.39 is 5.76 Å². The molecule has 0 aliphatic carbocycles. The van der Waals surface area contributed by atoms with Gasteiger partial charge in [-0.1, -0.05) is 29.4 Å². The first kappa shape index (κ1) is 20.1. The highest BCUT2D eigenvalue weighted by Crippen LogP contribution is 2.37. The molecule has 1 unspecified atom stereocenters. The van der Waals surface area contributed by atoms with Crippen molar-refractivity contribution >= 4 is 40.8 Å². The largest absolute Gasteiger partial charge is 0.437 e. The van der Waals surface area contributed by atoms with Gasteiger partial charge in [-0.25, -0.2) is 14.8 Å². The van der Waals surface area contributed by atoms with Crippen LogP contribution in [0.1, 0.15) is 23.2 Å². The minimum Gasteiger partial charge on any atom is -0.388 e. The van der Waals surface area contributed by atoms with Gasteiger partial charge in [-0.2, -0.15) is 4.68 Å². The van der Waals surface area contributed by atoms with Crippen LogP contribution in [-0.4, -0.2) is 51.0 Å². The number of benzene rings is 1. The van der Waals surface area contributed by atoms with E-state index in [1.54, 1.807) is 23.1 Å². The zero-order chi connectivity index (χ0) is 21.7. The van der Waals surface area contributed by atoms with E-state index in [0.29, 0.717) is 34.3 Å². The van der Waals surface area contributed by atoms with Crippen molar-refractivity contribution in [2.45, 2.75) is 24.0 Å². The lowest BCUT2D eigenvalue weighted by molar-refractivity contribution is 0.0988. The van der Waals surface area contributed by atoms with Crippen molar-refractivity contribution in [3.63, 3.8) is 0 Å². The molecular weight excluding hydrogens is 440 g/mol. The van der Waals surface area contributed by atoms with E-state index in [2.05, 4.69) is 20.0 Å². The fraction of sp³-hybridized carbons (Fsp3) is 0.350. The average molecular weight is 459 g/mol. The van der Waals surface area contributed by atoms with Crippen LogP contribution in [0.4, 0.5) is 11.5 Å². The molecule has 31 heavy (non-hydrogen) atoms. The molecule has 1 atom stereocenters. The Bertz CT molecular complexity index is 1240. The van der Waals surface area contributed by atoms with Crippen molar-refractivity contribution in [3.8, 4) is 11.5 Å². The highest BCUT2D eigenvalue weighted by molar-refractivity contribution is 7.98. The Labute approximate surface area is 187 Å². The minimum absolute atomic E-state index is 0.127. The van der Waals surface area contributed by atoms with Crippen molar-refractivity contribution in [2.24, 2.45) is 7.05 Å². The standard InChI is InChI=1S/C20H19ClN6O3S/c1-25-20(29)30-17(24-25)11-5-3-6-12(9-11)27-10-13-7-4-8-26(13)16-14(18(27)28)15(21)22-19(23-16)31-2/h3,5-6,9,13H,4,7-8,10H2,1-2H3. The molecule has 0 bridgehead atoms. The fourth-order valence-electron chi connectivity index (χ4n) is 4.11. The van der Waals surface area contributed by atoms with Crippen LogP contribution in [0.15, 0.2) is 38.6 Å². The number of aromatic nitrogens is 4. The maximum absolute atomic E-state index is 13.6. The molecule has 1 aromatic carbocycles. The lowest BCUT2D eigenvalue weighted by Gasteiger charge is -2.27. The Morgan fingerprint density at radius 3 is 2.84 bits per heavy atom. The van der Waals surface area contributed by atoms with Gasteiger partial charge in [0.25, 0.3) is 5.91 Å². The molecule has 2 aromatic heterocycles. The van der Waals surface area contributed by atoms with Crippen LogP contribution in [-0.2, 0) is 7.05 Å². The summed E-state index contributed by atoms with van der Waals surface area (Å²) >= 11 is 7.88. The molecule has 1 fully saturated rings. The monoisotopic (exact) mass is 458 g/mol. The molecule has 0 saturated carbocycles. The van der Waals surface area contributed by atoms with Crippen molar-refractivity contribution in [2.75, 3.05) is 29.1 Å². The number of hydrogen-bond acceptors (Lipinski definition) is 8. The summed E-state index contributed by atoms with van der Waals surface area (Å²) in [5, 5.41) is 4.81. The van der Waals surface area contributed by atoms with Gasteiger partial charge in [0.05, 0.1) is 0 Å². The molecule has 2 aliphatic rings. The summed E-state index contributed by atoms with van der Waals surface area (Å²) in [4.78, 5) is 38.1. The average Bonchev–Trinajstić information content (AvgIpc) is 3.34. The van der Waals surface area contributed by atoms with Gasteiger partial charge in [0.15, 0.2) is 5.16 Å². The predicted molar refractivity (Wildman–Crippen MR) is 118 cm³/mol. The van der Waals surface area contributed by atoms with Gasteiger partial charge < -0.3 is 14.2 Å². The Balaban J connectivity index is 1.61. The first-order valence-corrected chi connectivity index (χ1v) is 11.4. The SMILES string of the molecule is CSc1nc(Cl)c2c(n1)N1CCCC1CN(c1cccc(-c3nn(C)c(=O)o3)c1)C2=O. The topological polar surface area (TPSA) is 97.4 Å². The fourth-order valence-corrected chi connectivity index (χ4v) is 4.77. The number of anilines is 2. The van der Waals surface area contributed by atoms with Gasteiger partial charge in [0.1, 0.15) is 16.5 Å². The maximum atomic E-state index is 13.6. The van der Waals surface area contributed by atoms with Crippen LogP contribution in [0.25, 0.3) is 11.5 Å². The Kier molecular flexibility index (Phi) is 4.98. The number of thioether (sulfide) groups is 1. The summed E-state index contributed by atoms with van der Waals surface area (Å²) in [7, 11) is 1.52. The third-order valence-corrected chi connectivity index (χ3v) is 6.42. The zero-order valence-corrected chi connectivity index (χ0v) is 18.5. The quantitative estimate of drug-likeness (QED) is 0.336. The van der Waals surface area contributed by atoms with Crippen LogP contribution in [0.2, 0.25) is 5.15 Å². The number of carbonyl (C=O) groups is 1. The van der Waals surface area contributed by atoms with E-state index in [1.807, 2.05) is 12.3 Å². The van der Waals surface area contributed by atoms with Gasteiger partial charge >= 0.3 is 5.76 Å². The summed E-state index contributed by atoms with van der Waals surface area (Å²) < 4.78 is 6.34. The van der Waals surface area contributed by atoms with Gasteiger partial charge in [-0.15, -0.1) is 5.10 Å². The molecule has 4 heterocycles. The second kappa shape index (κ2) is 7.69. The molecule has 5 rings (SSSR count). The predicted octanol–water partition coefficient (Wildman–Crippen LogP) is 2.83. The van der Waals surface area contributed by atoms with Gasteiger partial charge in [-0.3, -0.25) is 4.79 Å². The van der Waals surface area contributed by atoms with Crippen LogP contribution < -0.4 is 15.6 Å². The minimum atomic E-state index is -0.546. The first-order chi connectivity index (χ1) is 15.0. The number of amides is 1. The van der Waals surface area contributed by atoms with E-state index in [9.17, 15) is 9.59 Å². The van der Waals surface area contributed by atoms with E-state index >= 15 is 0 Å². The summed E-state index contributed by atoms with van der Waals surface area (Å²) in [5.41, 5.74) is 1.59. The lowest BCUT2D eigenvalue weighted by Crippen LogP contribution is -2.39. The highest BCUT2D eigenvalue weighted by Gasteiger charge is 2.39. The number of carbonyl (C=O) groups excluding carboxylic acids is 1. The second-order valence-electron chi connectivity index (χ2n) is 7.45. The molecule has 0 N–H and O–H groups in total. The van der Waals surface area contributed by atoms with Gasteiger partial charge in [0, 0.05) is 37.4 Å². The smallest absolute Gasteiger partial charge is 0.388 e. The highest BCUT2D eigenvalue weighted by atomic mass is 35.5. The number of aryl methyl sites for hydroxylation is 1. The molecule has 0 radical (unpaired) electrons. The second-order valence-corrected chi connectivity index (χ2v) is 8.58. The maximum Gasteiger partial charge on any atom is 0.437 e. The van der Waals surface area contributed by atoms with Crippen molar-refractivity contribution < 1.29 is 9.21 Å². The van der Waals surface area contributed by atoms with Crippen molar-refractivity contribution in [3.05, 3.63) is 45.5 Å². The summed E-state index contributed by atoms with van der Waals surface area (Å²) in [6.45, 7) is 1.31. The van der Waals surface area contributed by atoms with Crippen LogP contribution in [0.3, 0.4) is 0 Å². The van der Waals surface area contributed by atoms with E-state index in [4.69, 9.17) is 16.0 Å². The number of nitrogens with zero attached hydrogens (tertiary/aromatic N) is 6. The molecule has 11 heteroatoms. The van der Waals surface area contributed by atoms with Gasteiger partial charge in [0.2, 0.25) is 5.89 Å². The number of fused-ring (bicyclic) bond motifs is 3. The zero-order valence-electron chi connectivity index (χ0n) is 16.9. The number of hydrogen-bond donors (Lipinski definition) is 0. The van der Waals surface area contributed by atoms with Crippen LogP contribution in [0.5, 0.6) is 0 Å². The molecule has 1 saturated heterocycles. The van der Waals surface area contributed by atoms with E-state index in [0.717, 1.165) is 24.1 Å². The summed E-state index contributed by atoms with van der Waals surface area (Å²) in [6.07, 6.45) is 3.85. The Morgan fingerprint density at radius 1 is 1.26 bits per heavy atom. The van der Waals surface area contributed by atoms with Crippen LogP contribution in [0, 0.1) is 0 Å². The van der Waals surface area contributed by atoms with E-state index in [-0.39, 0.29) is 23.0 Å². The number of rotatable bonds is 3. The first-order valence-electron chi connectivity index (χ1n) is 9.81. The molecule has 2 aliphatic heterocycles. The molecule has 0 spiro atoms. The summed E-state index contributed by atoms with van der Waals surface area (Å²) in [5.74, 6) is 0.00806. The molecule has 9 nitrogen and oxygen atoms in total. The number of halogens is 1. The Morgan fingerprint density at radius 2 is 2.10 bits per heavy atom. The lowest BCUT2D eigenvalue weighted by atomic mass is 10.1.